The van der Waals surface area contributed by atoms with Crippen molar-refractivity contribution in [3.05, 3.63) is 30.2 Å². The van der Waals surface area contributed by atoms with Crippen LogP contribution in [-0.2, 0) is 11.2 Å². The van der Waals surface area contributed by atoms with Crippen LogP contribution in [0.2, 0.25) is 0 Å². The summed E-state index contributed by atoms with van der Waals surface area (Å²) in [4.78, 5) is 19.6. The second-order valence-corrected chi connectivity index (χ2v) is 9.41. The zero-order valence-electron chi connectivity index (χ0n) is 18.3. The van der Waals surface area contributed by atoms with E-state index in [1.807, 2.05) is 40.6 Å². The van der Waals surface area contributed by atoms with Crippen LogP contribution in [-0.4, -0.2) is 75.1 Å². The largest absolute Gasteiger partial charge is 0.357 e. The highest BCUT2D eigenvalue weighted by Crippen LogP contribution is 2.27. The topological polar surface area (TPSA) is 86.9 Å². The number of aliphatic imine (C=N–C) groups is 1. The van der Waals surface area contributed by atoms with Gasteiger partial charge in [0, 0.05) is 62.3 Å². The summed E-state index contributed by atoms with van der Waals surface area (Å²) in [7, 11) is 0. The minimum Gasteiger partial charge on any atom is -0.357 e. The zero-order chi connectivity index (χ0) is 21.5. The molecule has 1 aliphatic carbocycles. The lowest BCUT2D eigenvalue weighted by Crippen LogP contribution is -2.47. The summed E-state index contributed by atoms with van der Waals surface area (Å²) in [5, 5.41) is 15.4. The number of nitrogens with zero attached hydrogens (tertiary/aromatic N) is 5. The summed E-state index contributed by atoms with van der Waals surface area (Å²) < 4.78 is 2.01. The van der Waals surface area contributed by atoms with E-state index >= 15 is 0 Å². The maximum absolute atomic E-state index is 12.8. The second-order valence-electron chi connectivity index (χ2n) is 8.19. The summed E-state index contributed by atoms with van der Waals surface area (Å²) in [5.74, 6) is 4.50. The number of carbonyl (C=O) groups excluding carboxylic acids is 1. The standard InChI is InChI=1S/C22H33N7OS/c1-2-23-22(24-11-10-20-27-26-19-5-3-4-12-29(19)20)25-18-8-6-17(7-9-18)21(30)28-13-15-31-16-14-28/h3-5,12,17-18H,2,6-11,13-16H2,1H3,(H2,23,24,25). The molecule has 2 N–H and O–H groups in total. The normalized spacial score (nSPS) is 22.5. The van der Waals surface area contributed by atoms with Crippen molar-refractivity contribution in [2.45, 2.75) is 45.1 Å². The van der Waals surface area contributed by atoms with E-state index in [4.69, 9.17) is 4.99 Å². The van der Waals surface area contributed by atoms with Gasteiger partial charge in [-0.15, -0.1) is 10.2 Å². The third-order valence-corrected chi connectivity index (χ3v) is 7.02. The zero-order valence-corrected chi connectivity index (χ0v) is 19.1. The summed E-state index contributed by atoms with van der Waals surface area (Å²) in [6.07, 6.45) is 6.67. The summed E-state index contributed by atoms with van der Waals surface area (Å²) >= 11 is 1.95. The highest BCUT2D eigenvalue weighted by molar-refractivity contribution is 7.99. The maximum atomic E-state index is 12.8. The molecule has 2 fully saturated rings. The molecule has 1 saturated carbocycles. The Balaban J connectivity index is 1.26. The molecule has 0 radical (unpaired) electrons. The van der Waals surface area contributed by atoms with Gasteiger partial charge in [-0.1, -0.05) is 6.07 Å². The number of nitrogens with one attached hydrogen (secondary N) is 2. The monoisotopic (exact) mass is 443 g/mol. The molecule has 0 bridgehead atoms. The first-order valence-electron chi connectivity index (χ1n) is 11.4. The molecule has 31 heavy (non-hydrogen) atoms. The fourth-order valence-electron chi connectivity index (χ4n) is 4.37. The average Bonchev–Trinajstić information content (AvgIpc) is 3.23. The number of pyridine rings is 1. The van der Waals surface area contributed by atoms with Gasteiger partial charge in [0.25, 0.3) is 0 Å². The fourth-order valence-corrected chi connectivity index (χ4v) is 5.27. The van der Waals surface area contributed by atoms with Crippen molar-refractivity contribution in [1.29, 1.82) is 0 Å². The van der Waals surface area contributed by atoms with E-state index in [9.17, 15) is 4.79 Å². The molecular weight excluding hydrogens is 410 g/mol. The van der Waals surface area contributed by atoms with Crippen LogP contribution in [0.1, 0.15) is 38.4 Å². The van der Waals surface area contributed by atoms with E-state index in [-0.39, 0.29) is 5.92 Å². The van der Waals surface area contributed by atoms with Crippen molar-refractivity contribution in [3.8, 4) is 0 Å². The average molecular weight is 444 g/mol. The number of rotatable bonds is 6. The molecule has 0 atom stereocenters. The van der Waals surface area contributed by atoms with Crippen LogP contribution < -0.4 is 10.6 Å². The molecule has 168 valence electrons. The van der Waals surface area contributed by atoms with E-state index < -0.39 is 0 Å². The molecule has 0 unspecified atom stereocenters. The van der Waals surface area contributed by atoms with E-state index in [1.54, 1.807) is 0 Å². The van der Waals surface area contributed by atoms with Gasteiger partial charge in [0.1, 0.15) is 5.82 Å². The number of hydrogen-bond acceptors (Lipinski definition) is 5. The first-order valence-corrected chi connectivity index (χ1v) is 12.6. The van der Waals surface area contributed by atoms with Gasteiger partial charge in [0.15, 0.2) is 11.6 Å². The molecule has 1 amide bonds. The highest BCUT2D eigenvalue weighted by Gasteiger charge is 2.30. The third kappa shape index (κ3) is 5.70. The molecule has 0 aromatic carbocycles. The number of amides is 1. The van der Waals surface area contributed by atoms with E-state index in [0.29, 0.717) is 18.5 Å². The molecule has 2 aromatic heterocycles. The Bertz CT molecular complexity index is 885. The molecular formula is C22H33N7OS. The molecule has 9 heteroatoms. The SMILES string of the molecule is CCNC(=NCCc1nnc2ccccn12)NC1CCC(C(=O)N2CCSCC2)CC1. The first-order chi connectivity index (χ1) is 15.2. The summed E-state index contributed by atoms with van der Waals surface area (Å²) in [5.41, 5.74) is 0.862. The summed E-state index contributed by atoms with van der Waals surface area (Å²) in [6.45, 7) is 5.38. The van der Waals surface area contributed by atoms with Crippen LogP contribution in [0.3, 0.4) is 0 Å². The molecule has 0 spiro atoms. The summed E-state index contributed by atoms with van der Waals surface area (Å²) in [6, 6.07) is 6.27. The molecule has 4 rings (SSSR count). The van der Waals surface area contributed by atoms with Crippen LogP contribution in [0, 0.1) is 5.92 Å². The van der Waals surface area contributed by atoms with Crippen LogP contribution in [0.15, 0.2) is 29.4 Å². The Morgan fingerprint density at radius 3 is 2.77 bits per heavy atom. The molecule has 3 heterocycles. The van der Waals surface area contributed by atoms with Crippen molar-refractivity contribution in [2.75, 3.05) is 37.7 Å². The molecule has 2 aromatic rings. The Morgan fingerprint density at radius 2 is 2.00 bits per heavy atom. The van der Waals surface area contributed by atoms with Gasteiger partial charge in [0.05, 0.1) is 0 Å². The number of aromatic nitrogens is 3. The lowest BCUT2D eigenvalue weighted by molar-refractivity contribution is -0.136. The predicted octanol–water partition coefficient (Wildman–Crippen LogP) is 1.96. The van der Waals surface area contributed by atoms with Gasteiger partial charge < -0.3 is 15.5 Å². The third-order valence-electron chi connectivity index (χ3n) is 6.07. The Kier molecular flexibility index (Phi) is 7.66. The highest BCUT2D eigenvalue weighted by atomic mass is 32.2. The van der Waals surface area contributed by atoms with E-state index in [0.717, 1.165) is 80.7 Å². The number of thioether (sulfide) groups is 1. The Morgan fingerprint density at radius 1 is 1.19 bits per heavy atom. The molecule has 2 aliphatic rings. The van der Waals surface area contributed by atoms with Gasteiger partial charge in [0.2, 0.25) is 5.91 Å². The van der Waals surface area contributed by atoms with Gasteiger partial charge in [-0.05, 0) is 44.7 Å². The van der Waals surface area contributed by atoms with Crippen LogP contribution >= 0.6 is 11.8 Å². The quantitative estimate of drug-likeness (QED) is 0.524. The lowest BCUT2D eigenvalue weighted by Gasteiger charge is -2.34. The van der Waals surface area contributed by atoms with E-state index in [2.05, 4.69) is 32.7 Å². The Labute approximate surface area is 188 Å². The van der Waals surface area contributed by atoms with Crippen molar-refractivity contribution in [2.24, 2.45) is 10.9 Å². The number of hydrogen-bond donors (Lipinski definition) is 2. The van der Waals surface area contributed by atoms with E-state index in [1.165, 1.54) is 0 Å². The van der Waals surface area contributed by atoms with Crippen LogP contribution in [0.4, 0.5) is 0 Å². The van der Waals surface area contributed by atoms with Gasteiger partial charge in [-0.3, -0.25) is 14.2 Å². The molecule has 1 saturated heterocycles. The number of carbonyl (C=O) groups is 1. The minimum absolute atomic E-state index is 0.196. The first kappa shape index (κ1) is 21.9. The predicted molar refractivity (Wildman–Crippen MR) is 125 cm³/mol. The van der Waals surface area contributed by atoms with Crippen molar-refractivity contribution >= 4 is 29.3 Å². The maximum Gasteiger partial charge on any atom is 0.225 e. The molecule has 8 nitrogen and oxygen atoms in total. The number of guanidine groups is 1. The van der Waals surface area contributed by atoms with Crippen molar-refractivity contribution in [1.82, 2.24) is 30.1 Å². The van der Waals surface area contributed by atoms with Gasteiger partial charge in [-0.25, -0.2) is 0 Å². The van der Waals surface area contributed by atoms with Gasteiger partial charge in [-0.2, -0.15) is 11.8 Å². The lowest BCUT2D eigenvalue weighted by atomic mass is 9.85. The number of fused-ring (bicyclic) bond motifs is 1. The Hall–Kier alpha value is -2.29. The van der Waals surface area contributed by atoms with Crippen LogP contribution in [0.25, 0.3) is 5.65 Å². The van der Waals surface area contributed by atoms with Crippen molar-refractivity contribution < 1.29 is 4.79 Å². The smallest absolute Gasteiger partial charge is 0.225 e. The van der Waals surface area contributed by atoms with Gasteiger partial charge >= 0.3 is 0 Å². The molecule has 1 aliphatic heterocycles. The fraction of sp³-hybridized carbons (Fsp3) is 0.636. The second kappa shape index (κ2) is 10.8. The van der Waals surface area contributed by atoms with Crippen molar-refractivity contribution in [3.63, 3.8) is 0 Å². The minimum atomic E-state index is 0.196. The van der Waals surface area contributed by atoms with Crippen LogP contribution in [0.5, 0.6) is 0 Å².